The number of hydrogen-bond donors (Lipinski definition) is 2. The van der Waals surface area contributed by atoms with Crippen LogP contribution in [0.4, 0.5) is 25.4 Å². The Morgan fingerprint density at radius 2 is 1.89 bits per heavy atom. The van der Waals surface area contributed by atoms with Crippen LogP contribution in [-0.2, 0) is 19.0 Å². The molecule has 1 aromatic carbocycles. The Labute approximate surface area is 214 Å². The van der Waals surface area contributed by atoms with Crippen LogP contribution >= 0.6 is 12.2 Å². The van der Waals surface area contributed by atoms with E-state index >= 15 is 4.39 Å². The van der Waals surface area contributed by atoms with E-state index < -0.39 is 29.7 Å². The molecule has 2 saturated heterocycles. The smallest absolute Gasteiger partial charge is 0.414 e. The van der Waals surface area contributed by atoms with Crippen molar-refractivity contribution >= 4 is 46.9 Å². The monoisotopic (exact) mass is 525 g/mol. The van der Waals surface area contributed by atoms with Crippen LogP contribution in [0.3, 0.4) is 0 Å². The first-order valence-electron chi connectivity index (χ1n) is 11.6. The number of amides is 3. The molecule has 13 heteroatoms. The molecular weight excluding hydrogens is 493 g/mol. The number of benzene rings is 1. The molecule has 2 aliphatic heterocycles. The van der Waals surface area contributed by atoms with E-state index in [9.17, 15) is 14.4 Å². The lowest BCUT2D eigenvalue weighted by molar-refractivity contribution is -0.130. The fraction of sp³-hybridized carbons (Fsp3) is 0.565. The zero-order valence-electron chi connectivity index (χ0n) is 20.8. The molecule has 3 amide bonds. The largest absolute Gasteiger partial charge is 0.474 e. The van der Waals surface area contributed by atoms with Gasteiger partial charge < -0.3 is 34.6 Å². The number of thiocarbonyl (C=S) groups is 1. The zero-order chi connectivity index (χ0) is 26.5. The summed E-state index contributed by atoms with van der Waals surface area (Å²) in [6.45, 7) is 7.19. The molecule has 36 heavy (non-hydrogen) atoms. The minimum Gasteiger partial charge on any atom is -0.474 e. The summed E-state index contributed by atoms with van der Waals surface area (Å²) in [7, 11) is 1.44. The third-order valence-electron chi connectivity index (χ3n) is 5.53. The number of hydrogen-bond acceptors (Lipinski definition) is 8. The number of alkyl carbamates (subject to hydrolysis) is 1. The van der Waals surface area contributed by atoms with Crippen LogP contribution < -0.4 is 20.4 Å². The molecule has 0 bridgehead atoms. The summed E-state index contributed by atoms with van der Waals surface area (Å²) in [6.07, 6.45) is -1.67. The maximum atomic E-state index is 15.0. The first-order chi connectivity index (χ1) is 17.0. The molecule has 2 N–H and O–H groups in total. The highest BCUT2D eigenvalue weighted by atomic mass is 32.1. The highest BCUT2D eigenvalue weighted by Crippen LogP contribution is 2.28. The SMILES string of the molecule is COC(=S)NCC1CN(c2ccc(N3CCN(C(=O)CNC(=O)OC(C)(C)C)CC3)c(F)c2)C(=O)O1. The van der Waals surface area contributed by atoms with Crippen molar-refractivity contribution in [2.45, 2.75) is 32.5 Å². The molecule has 198 valence electrons. The molecule has 3 rings (SSSR count). The van der Waals surface area contributed by atoms with Gasteiger partial charge in [0.1, 0.15) is 24.1 Å². The number of anilines is 2. The summed E-state index contributed by atoms with van der Waals surface area (Å²) >= 11 is 4.91. The lowest BCUT2D eigenvalue weighted by atomic mass is 10.2. The van der Waals surface area contributed by atoms with Gasteiger partial charge in [-0.2, -0.15) is 0 Å². The lowest BCUT2D eigenvalue weighted by Crippen LogP contribution is -2.51. The summed E-state index contributed by atoms with van der Waals surface area (Å²) < 4.78 is 30.3. The first kappa shape index (κ1) is 27.2. The van der Waals surface area contributed by atoms with Gasteiger partial charge in [0, 0.05) is 26.2 Å². The van der Waals surface area contributed by atoms with Gasteiger partial charge in [-0.25, -0.2) is 14.0 Å². The summed E-state index contributed by atoms with van der Waals surface area (Å²) in [5.41, 5.74) is 0.124. The molecule has 0 radical (unpaired) electrons. The predicted octanol–water partition coefficient (Wildman–Crippen LogP) is 1.85. The number of carbonyl (C=O) groups is 3. The summed E-state index contributed by atoms with van der Waals surface area (Å²) in [6, 6.07) is 4.58. The molecule has 2 aliphatic rings. The van der Waals surface area contributed by atoms with Crippen molar-refractivity contribution in [2.24, 2.45) is 0 Å². The molecule has 1 aromatic rings. The Kier molecular flexibility index (Phi) is 8.77. The number of nitrogens with zero attached hydrogens (tertiary/aromatic N) is 3. The van der Waals surface area contributed by atoms with Gasteiger partial charge >= 0.3 is 12.2 Å². The molecule has 0 saturated carbocycles. The molecular formula is C23H32FN5O6S. The number of halogens is 1. The van der Waals surface area contributed by atoms with Crippen LogP contribution in [0.25, 0.3) is 0 Å². The number of ether oxygens (including phenoxy) is 3. The van der Waals surface area contributed by atoms with Crippen LogP contribution in [0.5, 0.6) is 0 Å². The van der Waals surface area contributed by atoms with Crippen LogP contribution in [0.1, 0.15) is 20.8 Å². The van der Waals surface area contributed by atoms with E-state index in [1.807, 2.05) is 4.90 Å². The highest BCUT2D eigenvalue weighted by molar-refractivity contribution is 7.80. The Bertz CT molecular complexity index is 996. The molecule has 2 heterocycles. The van der Waals surface area contributed by atoms with Gasteiger partial charge in [-0.3, -0.25) is 9.69 Å². The second kappa shape index (κ2) is 11.6. The molecule has 0 spiro atoms. The minimum atomic E-state index is -0.653. The van der Waals surface area contributed by atoms with Crippen LogP contribution in [0.15, 0.2) is 18.2 Å². The quantitative estimate of drug-likeness (QED) is 0.537. The van der Waals surface area contributed by atoms with Gasteiger partial charge in [0.2, 0.25) is 5.91 Å². The van der Waals surface area contributed by atoms with Crippen LogP contribution in [0.2, 0.25) is 0 Å². The van der Waals surface area contributed by atoms with Gasteiger partial charge in [-0.1, -0.05) is 0 Å². The number of rotatable bonds is 6. The van der Waals surface area contributed by atoms with Gasteiger partial charge in [0.05, 0.1) is 31.6 Å². The number of carbonyl (C=O) groups excluding carboxylic acids is 3. The Morgan fingerprint density at radius 1 is 1.19 bits per heavy atom. The van der Waals surface area contributed by atoms with Crippen LogP contribution in [0, 0.1) is 5.82 Å². The fourth-order valence-electron chi connectivity index (χ4n) is 3.80. The van der Waals surface area contributed by atoms with Crippen molar-refractivity contribution in [1.82, 2.24) is 15.5 Å². The number of methoxy groups -OCH3 is 1. The lowest BCUT2D eigenvalue weighted by Gasteiger charge is -2.36. The maximum absolute atomic E-state index is 15.0. The van der Waals surface area contributed by atoms with Crippen molar-refractivity contribution in [3.05, 3.63) is 24.0 Å². The topological polar surface area (TPSA) is 113 Å². The Morgan fingerprint density at radius 3 is 2.50 bits per heavy atom. The highest BCUT2D eigenvalue weighted by Gasteiger charge is 2.33. The number of nitrogens with one attached hydrogen (secondary N) is 2. The second-order valence-electron chi connectivity index (χ2n) is 9.35. The van der Waals surface area contributed by atoms with E-state index in [1.165, 1.54) is 18.1 Å². The third-order valence-corrected chi connectivity index (χ3v) is 5.84. The van der Waals surface area contributed by atoms with Crippen molar-refractivity contribution in [3.63, 3.8) is 0 Å². The first-order valence-corrected chi connectivity index (χ1v) is 12.0. The van der Waals surface area contributed by atoms with Gasteiger partial charge in [-0.05, 0) is 51.2 Å². The molecule has 11 nitrogen and oxygen atoms in total. The number of cyclic esters (lactones) is 1. The zero-order valence-corrected chi connectivity index (χ0v) is 21.7. The van der Waals surface area contributed by atoms with Crippen molar-refractivity contribution in [2.75, 3.05) is 62.7 Å². The Hall–Kier alpha value is -3.35. The van der Waals surface area contributed by atoms with Crippen molar-refractivity contribution in [3.8, 4) is 0 Å². The predicted molar refractivity (Wildman–Crippen MR) is 135 cm³/mol. The van der Waals surface area contributed by atoms with Crippen LogP contribution in [-0.4, -0.2) is 92.8 Å². The maximum Gasteiger partial charge on any atom is 0.414 e. The van der Waals surface area contributed by atoms with Gasteiger partial charge in [0.25, 0.3) is 5.17 Å². The summed E-state index contributed by atoms with van der Waals surface area (Å²) in [4.78, 5) is 41.3. The minimum absolute atomic E-state index is 0.169. The molecule has 2 fully saturated rings. The van der Waals surface area contributed by atoms with E-state index in [0.29, 0.717) is 37.6 Å². The van der Waals surface area contributed by atoms with Gasteiger partial charge in [-0.15, -0.1) is 0 Å². The average Bonchev–Trinajstić information content (AvgIpc) is 3.20. The molecule has 1 unspecified atom stereocenters. The van der Waals surface area contributed by atoms with E-state index in [4.69, 9.17) is 26.4 Å². The summed E-state index contributed by atoms with van der Waals surface area (Å²) in [5, 5.41) is 5.49. The normalized spacial score (nSPS) is 18.0. The molecule has 0 aliphatic carbocycles. The second-order valence-corrected chi connectivity index (χ2v) is 9.72. The van der Waals surface area contributed by atoms with E-state index in [-0.39, 0.29) is 30.7 Å². The van der Waals surface area contributed by atoms with E-state index in [1.54, 1.807) is 37.8 Å². The third kappa shape index (κ3) is 7.33. The summed E-state index contributed by atoms with van der Waals surface area (Å²) in [5.74, 6) is -0.715. The standard InChI is InChI=1S/C23H32FN5O6S/c1-23(2,3)35-20(31)25-13-19(30)28-9-7-27(8-10-28)18-6-5-15(11-17(18)24)29-14-16(34-22(29)32)12-26-21(36)33-4/h5-6,11,16H,7-10,12-14H2,1-4H3,(H,25,31)(H,26,36). The molecule has 1 atom stereocenters. The van der Waals surface area contributed by atoms with Crippen molar-refractivity contribution < 1.29 is 33.0 Å². The van der Waals surface area contributed by atoms with E-state index in [0.717, 1.165) is 0 Å². The Balaban J connectivity index is 1.51. The van der Waals surface area contributed by atoms with Gasteiger partial charge in [0.15, 0.2) is 0 Å². The van der Waals surface area contributed by atoms with Crippen molar-refractivity contribution in [1.29, 1.82) is 0 Å². The fourth-order valence-corrected chi connectivity index (χ4v) is 3.88. The van der Waals surface area contributed by atoms with E-state index in [2.05, 4.69) is 10.6 Å². The number of piperazine rings is 1. The molecule has 0 aromatic heterocycles. The average molecular weight is 526 g/mol.